The van der Waals surface area contributed by atoms with Crippen LogP contribution < -0.4 is 5.32 Å². The van der Waals surface area contributed by atoms with Crippen LogP contribution in [-0.2, 0) is 28.2 Å². The fraction of sp³-hybridized carbons (Fsp3) is 0.462. The third-order valence-corrected chi connectivity index (χ3v) is 7.30. The van der Waals surface area contributed by atoms with E-state index in [1.807, 2.05) is 34.9 Å². The number of alkyl halides is 6. The zero-order valence-corrected chi connectivity index (χ0v) is 20.6. The SMILES string of the molecule is C[C@@H](OC[C@@]1(c2ccccc2)CC[C@](CCO)(n2cnnc2)CN1)c1cc(C(F)(F)F)cc(C(F)(F)F)c1. The summed E-state index contributed by atoms with van der Waals surface area (Å²) in [5.74, 6) is 0. The second-order valence-corrected chi connectivity index (χ2v) is 9.66. The number of benzene rings is 2. The second-order valence-electron chi connectivity index (χ2n) is 9.66. The molecular weight excluding hydrogens is 514 g/mol. The molecule has 1 aliphatic rings. The van der Waals surface area contributed by atoms with Gasteiger partial charge in [-0.1, -0.05) is 30.3 Å². The number of nitrogens with one attached hydrogen (secondary N) is 1. The minimum absolute atomic E-state index is 0.00679. The van der Waals surface area contributed by atoms with Gasteiger partial charge in [-0.05, 0) is 55.5 Å². The first-order valence-electron chi connectivity index (χ1n) is 12.1. The molecular formula is C26H28F6N4O2. The largest absolute Gasteiger partial charge is 0.416 e. The van der Waals surface area contributed by atoms with Crippen LogP contribution >= 0.6 is 0 Å². The van der Waals surface area contributed by atoms with Crippen molar-refractivity contribution in [2.45, 2.75) is 55.7 Å². The summed E-state index contributed by atoms with van der Waals surface area (Å²) in [4.78, 5) is 0. The highest BCUT2D eigenvalue weighted by molar-refractivity contribution is 5.35. The van der Waals surface area contributed by atoms with E-state index in [9.17, 15) is 31.4 Å². The monoisotopic (exact) mass is 542 g/mol. The van der Waals surface area contributed by atoms with Gasteiger partial charge in [0.1, 0.15) is 12.7 Å². The van der Waals surface area contributed by atoms with Crippen molar-refractivity contribution >= 4 is 0 Å². The van der Waals surface area contributed by atoms with E-state index in [4.69, 9.17) is 4.74 Å². The maximum Gasteiger partial charge on any atom is 0.416 e. The number of hydrogen-bond acceptors (Lipinski definition) is 5. The molecule has 12 heteroatoms. The molecule has 0 saturated carbocycles. The van der Waals surface area contributed by atoms with E-state index in [0.29, 0.717) is 37.9 Å². The second kappa shape index (κ2) is 10.7. The maximum atomic E-state index is 13.4. The van der Waals surface area contributed by atoms with Crippen molar-refractivity contribution in [3.8, 4) is 0 Å². The third-order valence-electron chi connectivity index (χ3n) is 7.30. The summed E-state index contributed by atoms with van der Waals surface area (Å²) in [6.45, 7) is 1.76. The summed E-state index contributed by atoms with van der Waals surface area (Å²) >= 11 is 0. The van der Waals surface area contributed by atoms with Gasteiger partial charge >= 0.3 is 12.4 Å². The molecule has 38 heavy (non-hydrogen) atoms. The molecule has 1 saturated heterocycles. The average molecular weight is 543 g/mol. The van der Waals surface area contributed by atoms with Crippen molar-refractivity contribution < 1.29 is 36.2 Å². The van der Waals surface area contributed by atoms with E-state index in [-0.39, 0.29) is 24.8 Å². The van der Waals surface area contributed by atoms with Crippen molar-refractivity contribution in [3.05, 3.63) is 83.4 Å². The van der Waals surface area contributed by atoms with E-state index in [2.05, 4.69) is 15.5 Å². The molecule has 0 radical (unpaired) electrons. The molecule has 0 bridgehead atoms. The number of aliphatic hydroxyl groups is 1. The predicted molar refractivity (Wildman–Crippen MR) is 126 cm³/mol. The normalized spacial score (nSPS) is 23.4. The molecule has 1 aromatic heterocycles. The van der Waals surface area contributed by atoms with Gasteiger partial charge in [0.2, 0.25) is 0 Å². The zero-order chi connectivity index (χ0) is 27.6. The van der Waals surface area contributed by atoms with E-state index in [0.717, 1.165) is 5.56 Å². The van der Waals surface area contributed by atoms with Crippen LogP contribution in [-0.4, -0.2) is 39.6 Å². The van der Waals surface area contributed by atoms with Gasteiger partial charge in [-0.25, -0.2) is 0 Å². The Morgan fingerprint density at radius 2 is 1.58 bits per heavy atom. The van der Waals surface area contributed by atoms with Gasteiger partial charge in [-0.2, -0.15) is 26.3 Å². The van der Waals surface area contributed by atoms with Gasteiger partial charge in [-0.3, -0.25) is 0 Å². The van der Waals surface area contributed by atoms with Gasteiger partial charge in [0, 0.05) is 13.2 Å². The highest BCUT2D eigenvalue weighted by Gasteiger charge is 2.45. The van der Waals surface area contributed by atoms with Gasteiger partial charge in [0.15, 0.2) is 0 Å². The Morgan fingerprint density at radius 3 is 2.08 bits per heavy atom. The Bertz CT molecular complexity index is 1160. The molecule has 0 amide bonds. The Morgan fingerprint density at radius 1 is 0.974 bits per heavy atom. The number of piperidine rings is 1. The standard InChI is InChI=1S/C26H28F6N4O2/c1-18(19-11-21(25(27,28)29)13-22(12-19)26(30,31)32)38-15-24(20-5-3-2-4-6-20)8-7-23(9-10-37,14-33-24)36-16-34-35-17-36/h2-6,11-13,16-18,33,37H,7-10,14-15H2,1H3/t18-,23-,24-/m1/s1. The highest BCUT2D eigenvalue weighted by Crippen LogP contribution is 2.41. The average Bonchev–Trinajstić information content (AvgIpc) is 3.44. The first kappa shape index (κ1) is 28.1. The van der Waals surface area contributed by atoms with E-state index in [1.165, 1.54) is 6.92 Å². The predicted octanol–water partition coefficient (Wildman–Crippen LogP) is 5.45. The van der Waals surface area contributed by atoms with Gasteiger partial charge in [0.25, 0.3) is 0 Å². The highest BCUT2D eigenvalue weighted by atomic mass is 19.4. The van der Waals surface area contributed by atoms with Crippen LogP contribution in [0.15, 0.2) is 61.2 Å². The summed E-state index contributed by atoms with van der Waals surface area (Å²) in [5, 5.41) is 21.0. The van der Waals surface area contributed by atoms with Crippen molar-refractivity contribution in [1.82, 2.24) is 20.1 Å². The summed E-state index contributed by atoms with van der Waals surface area (Å²) in [5.41, 5.74) is -3.39. The lowest BCUT2D eigenvalue weighted by molar-refractivity contribution is -0.143. The minimum Gasteiger partial charge on any atom is -0.396 e. The van der Waals surface area contributed by atoms with Crippen LogP contribution in [0.3, 0.4) is 0 Å². The molecule has 3 atom stereocenters. The van der Waals surface area contributed by atoms with Crippen molar-refractivity contribution in [3.63, 3.8) is 0 Å². The lowest BCUT2D eigenvalue weighted by Gasteiger charge is -2.48. The molecule has 3 aromatic rings. The maximum absolute atomic E-state index is 13.4. The first-order chi connectivity index (χ1) is 17.9. The Balaban J connectivity index is 1.61. The van der Waals surface area contributed by atoms with Crippen LogP contribution in [0.1, 0.15) is 54.5 Å². The molecule has 0 aliphatic carbocycles. The Hall–Kier alpha value is -2.96. The van der Waals surface area contributed by atoms with Crippen molar-refractivity contribution in [1.29, 1.82) is 0 Å². The zero-order valence-electron chi connectivity index (χ0n) is 20.6. The fourth-order valence-corrected chi connectivity index (χ4v) is 4.96. The molecule has 0 unspecified atom stereocenters. The lowest BCUT2D eigenvalue weighted by atomic mass is 9.75. The molecule has 1 aliphatic heterocycles. The fourth-order valence-electron chi connectivity index (χ4n) is 4.96. The molecule has 2 aromatic carbocycles. The van der Waals surface area contributed by atoms with E-state index >= 15 is 0 Å². The van der Waals surface area contributed by atoms with Crippen LogP contribution in [0.5, 0.6) is 0 Å². The molecule has 206 valence electrons. The number of rotatable bonds is 8. The van der Waals surface area contributed by atoms with Crippen LogP contribution in [0.4, 0.5) is 26.3 Å². The number of aliphatic hydroxyl groups excluding tert-OH is 1. The quantitative estimate of drug-likeness (QED) is 0.371. The minimum atomic E-state index is -4.94. The van der Waals surface area contributed by atoms with E-state index < -0.39 is 40.7 Å². The van der Waals surface area contributed by atoms with Crippen LogP contribution in [0, 0.1) is 0 Å². The molecule has 2 N–H and O–H groups in total. The molecule has 2 heterocycles. The number of halogens is 6. The summed E-state index contributed by atoms with van der Waals surface area (Å²) in [7, 11) is 0. The van der Waals surface area contributed by atoms with Crippen molar-refractivity contribution in [2.75, 3.05) is 19.8 Å². The summed E-state index contributed by atoms with van der Waals surface area (Å²) in [6.07, 6.45) is -6.23. The van der Waals surface area contributed by atoms with Crippen molar-refractivity contribution in [2.24, 2.45) is 0 Å². The number of aromatic nitrogens is 3. The molecule has 0 spiro atoms. The van der Waals surface area contributed by atoms with Gasteiger partial charge in [-0.15, -0.1) is 10.2 Å². The van der Waals surface area contributed by atoms with Crippen LogP contribution in [0.2, 0.25) is 0 Å². The number of ether oxygens (including phenoxy) is 1. The van der Waals surface area contributed by atoms with Crippen LogP contribution in [0.25, 0.3) is 0 Å². The number of nitrogens with zero attached hydrogens (tertiary/aromatic N) is 3. The molecule has 6 nitrogen and oxygen atoms in total. The Labute approximate surface area is 215 Å². The molecule has 4 rings (SSSR count). The third kappa shape index (κ3) is 5.87. The smallest absolute Gasteiger partial charge is 0.396 e. The summed E-state index contributed by atoms with van der Waals surface area (Å²) in [6, 6.07) is 10.8. The van der Waals surface area contributed by atoms with Gasteiger partial charge < -0.3 is 19.7 Å². The molecule has 1 fully saturated rings. The summed E-state index contributed by atoms with van der Waals surface area (Å²) < 4.78 is 88.0. The number of hydrogen-bond donors (Lipinski definition) is 2. The first-order valence-corrected chi connectivity index (χ1v) is 12.1. The van der Waals surface area contributed by atoms with E-state index in [1.54, 1.807) is 12.7 Å². The van der Waals surface area contributed by atoms with Gasteiger partial charge in [0.05, 0.1) is 34.9 Å². The lowest BCUT2D eigenvalue weighted by Crippen LogP contribution is -2.59. The Kier molecular flexibility index (Phi) is 7.87. The topological polar surface area (TPSA) is 72.2 Å².